The third-order valence-electron chi connectivity index (χ3n) is 2.99. The Morgan fingerprint density at radius 2 is 2.11 bits per heavy atom. The lowest BCUT2D eigenvalue weighted by atomic mass is 9.96. The van der Waals surface area contributed by atoms with Crippen molar-refractivity contribution in [1.82, 2.24) is 10.6 Å². The maximum absolute atomic E-state index is 11.7. The minimum absolute atomic E-state index is 0.0406. The van der Waals surface area contributed by atoms with Gasteiger partial charge in [0.1, 0.15) is 12.1 Å². The first-order valence-corrected chi connectivity index (χ1v) is 6.01. The zero-order valence-electron chi connectivity index (χ0n) is 10.6. The van der Waals surface area contributed by atoms with E-state index in [4.69, 9.17) is 5.11 Å². The van der Waals surface area contributed by atoms with Crippen LogP contribution in [0.15, 0.2) is 0 Å². The molecule has 6 nitrogen and oxygen atoms in total. The summed E-state index contributed by atoms with van der Waals surface area (Å²) >= 11 is 0. The van der Waals surface area contributed by atoms with E-state index in [1.165, 1.54) is 6.92 Å². The fraction of sp³-hybridized carbons (Fsp3) is 0.818. The van der Waals surface area contributed by atoms with E-state index in [1.54, 1.807) is 0 Å². The fourth-order valence-electron chi connectivity index (χ4n) is 1.68. The second-order valence-electron chi connectivity index (χ2n) is 4.63. The number of aliphatic carboxylic acids is 1. The van der Waals surface area contributed by atoms with Gasteiger partial charge in [0.2, 0.25) is 0 Å². The molecule has 1 rings (SSSR count). The highest BCUT2D eigenvalue weighted by molar-refractivity contribution is 5.86. The number of hydrogen-bond acceptors (Lipinski definition) is 3. The number of nitrogens with one attached hydrogen (secondary N) is 2. The maximum atomic E-state index is 11.7. The number of alkyl halides is 2. The van der Waals surface area contributed by atoms with Crippen LogP contribution in [-0.4, -0.2) is 48.8 Å². The number of urea groups is 1. The summed E-state index contributed by atoms with van der Waals surface area (Å²) in [6.07, 6.45) is -1.01. The number of carbonyl (C=O) groups excluding carboxylic acids is 1. The Balaban J connectivity index is 2.24. The van der Waals surface area contributed by atoms with Gasteiger partial charge in [0.25, 0.3) is 6.43 Å². The van der Waals surface area contributed by atoms with Crippen LogP contribution in [0.5, 0.6) is 0 Å². The summed E-state index contributed by atoms with van der Waals surface area (Å²) in [5.41, 5.74) is -1.28. The highest BCUT2D eigenvalue weighted by Crippen LogP contribution is 2.39. The summed E-state index contributed by atoms with van der Waals surface area (Å²) in [5, 5.41) is 13.9. The molecule has 1 unspecified atom stereocenters. The highest BCUT2D eigenvalue weighted by atomic mass is 19.3. The number of halogens is 2. The normalized spacial score (nSPS) is 17.9. The molecular formula is C11H18F2N2O4. The molecule has 0 aromatic carbocycles. The van der Waals surface area contributed by atoms with Crippen LogP contribution in [0.1, 0.15) is 19.8 Å². The van der Waals surface area contributed by atoms with Gasteiger partial charge in [0.05, 0.1) is 6.61 Å². The lowest BCUT2D eigenvalue weighted by molar-refractivity contribution is -0.144. The van der Waals surface area contributed by atoms with E-state index in [0.29, 0.717) is 0 Å². The van der Waals surface area contributed by atoms with Gasteiger partial charge in [0.15, 0.2) is 0 Å². The van der Waals surface area contributed by atoms with Crippen molar-refractivity contribution in [2.24, 2.45) is 5.92 Å². The van der Waals surface area contributed by atoms with Crippen molar-refractivity contribution in [3.63, 3.8) is 0 Å². The molecule has 0 aromatic heterocycles. The van der Waals surface area contributed by atoms with E-state index in [9.17, 15) is 18.4 Å². The fourth-order valence-corrected chi connectivity index (χ4v) is 1.68. The van der Waals surface area contributed by atoms with Gasteiger partial charge in [-0.15, -0.1) is 0 Å². The van der Waals surface area contributed by atoms with Gasteiger partial charge >= 0.3 is 12.0 Å². The quantitative estimate of drug-likeness (QED) is 0.574. The number of carboxylic acid groups (broad SMARTS) is 1. The summed E-state index contributed by atoms with van der Waals surface area (Å²) in [4.78, 5) is 22.6. The minimum Gasteiger partial charge on any atom is -0.480 e. The smallest absolute Gasteiger partial charge is 0.329 e. The van der Waals surface area contributed by atoms with Crippen LogP contribution >= 0.6 is 0 Å². The van der Waals surface area contributed by atoms with Crippen molar-refractivity contribution < 1.29 is 28.2 Å². The van der Waals surface area contributed by atoms with Crippen molar-refractivity contribution >= 4 is 12.0 Å². The van der Waals surface area contributed by atoms with Gasteiger partial charge in [-0.2, -0.15) is 0 Å². The molecule has 2 amide bonds. The average Bonchev–Trinajstić information content (AvgIpc) is 3.11. The predicted octanol–water partition coefficient (Wildman–Crippen LogP) is 0.821. The zero-order valence-corrected chi connectivity index (χ0v) is 10.6. The maximum Gasteiger partial charge on any atom is 0.329 e. The third-order valence-corrected chi connectivity index (χ3v) is 2.99. The Kier molecular flexibility index (Phi) is 5.46. The first-order valence-electron chi connectivity index (χ1n) is 6.01. The summed E-state index contributed by atoms with van der Waals surface area (Å²) in [6.45, 7) is 0.766. The Morgan fingerprint density at radius 1 is 1.47 bits per heavy atom. The molecule has 0 bridgehead atoms. The molecule has 1 fully saturated rings. The van der Waals surface area contributed by atoms with Crippen LogP contribution in [0.25, 0.3) is 0 Å². The molecule has 0 saturated heterocycles. The van der Waals surface area contributed by atoms with Crippen molar-refractivity contribution in [2.75, 3.05) is 19.8 Å². The molecule has 0 spiro atoms. The van der Waals surface area contributed by atoms with Crippen molar-refractivity contribution in [1.29, 1.82) is 0 Å². The Labute approximate surface area is 109 Å². The Hall–Kier alpha value is -1.44. The number of hydrogen-bond donors (Lipinski definition) is 3. The Morgan fingerprint density at radius 3 is 2.58 bits per heavy atom. The topological polar surface area (TPSA) is 87.7 Å². The molecule has 1 aliphatic rings. The molecule has 1 aliphatic carbocycles. The molecule has 3 N–H and O–H groups in total. The van der Waals surface area contributed by atoms with E-state index in [0.717, 1.165) is 12.8 Å². The molecule has 0 aromatic rings. The molecule has 0 heterocycles. The number of carbonyl (C=O) groups is 2. The monoisotopic (exact) mass is 280 g/mol. The first-order chi connectivity index (χ1) is 8.86. The number of amides is 2. The minimum atomic E-state index is -2.54. The molecular weight excluding hydrogens is 262 g/mol. The van der Waals surface area contributed by atoms with E-state index >= 15 is 0 Å². The van der Waals surface area contributed by atoms with E-state index in [-0.39, 0.29) is 19.1 Å². The van der Waals surface area contributed by atoms with Crippen molar-refractivity contribution in [2.45, 2.75) is 31.7 Å². The van der Waals surface area contributed by atoms with Gasteiger partial charge in [-0.25, -0.2) is 18.4 Å². The van der Waals surface area contributed by atoms with E-state index in [1.807, 2.05) is 0 Å². The van der Waals surface area contributed by atoms with Crippen molar-refractivity contribution in [3.05, 3.63) is 0 Å². The lowest BCUT2D eigenvalue weighted by Gasteiger charge is -2.26. The second kappa shape index (κ2) is 6.65. The molecule has 19 heavy (non-hydrogen) atoms. The summed E-state index contributed by atoms with van der Waals surface area (Å²) in [7, 11) is 0. The number of carboxylic acids is 1. The van der Waals surface area contributed by atoms with E-state index < -0.39 is 30.6 Å². The van der Waals surface area contributed by atoms with Crippen LogP contribution in [-0.2, 0) is 9.53 Å². The van der Waals surface area contributed by atoms with Crippen LogP contribution in [0.3, 0.4) is 0 Å². The van der Waals surface area contributed by atoms with Crippen LogP contribution in [0.4, 0.5) is 13.6 Å². The van der Waals surface area contributed by atoms with Gasteiger partial charge in [-0.3, -0.25) is 0 Å². The zero-order chi connectivity index (χ0) is 14.5. The molecule has 8 heteroatoms. The van der Waals surface area contributed by atoms with Crippen LogP contribution < -0.4 is 10.6 Å². The van der Waals surface area contributed by atoms with Gasteiger partial charge in [-0.05, 0) is 25.7 Å². The second-order valence-corrected chi connectivity index (χ2v) is 4.63. The lowest BCUT2D eigenvalue weighted by Crippen LogP contribution is -2.57. The first kappa shape index (κ1) is 15.6. The number of ether oxygens (including phenoxy) is 1. The SMILES string of the molecule is CC(NC(=O)NCCOCC(F)F)(C(=O)O)C1CC1. The molecule has 110 valence electrons. The van der Waals surface area contributed by atoms with Crippen molar-refractivity contribution in [3.8, 4) is 0 Å². The average molecular weight is 280 g/mol. The third kappa shape index (κ3) is 4.98. The Bertz CT molecular complexity index is 337. The van der Waals surface area contributed by atoms with Gasteiger partial charge in [-0.1, -0.05) is 0 Å². The molecule has 1 saturated carbocycles. The van der Waals surface area contributed by atoms with Crippen LogP contribution in [0, 0.1) is 5.92 Å². The van der Waals surface area contributed by atoms with Gasteiger partial charge < -0.3 is 20.5 Å². The van der Waals surface area contributed by atoms with Gasteiger partial charge in [0, 0.05) is 6.54 Å². The summed E-state index contributed by atoms with van der Waals surface area (Å²) in [5.74, 6) is -1.15. The molecule has 1 atom stereocenters. The van der Waals surface area contributed by atoms with Crippen LogP contribution in [0.2, 0.25) is 0 Å². The van der Waals surface area contributed by atoms with E-state index in [2.05, 4.69) is 15.4 Å². The number of rotatable bonds is 8. The largest absolute Gasteiger partial charge is 0.480 e. The predicted molar refractivity (Wildman–Crippen MR) is 62.1 cm³/mol. The molecule has 0 aliphatic heterocycles. The summed E-state index contributed by atoms with van der Waals surface area (Å²) in [6, 6.07) is -0.641. The highest BCUT2D eigenvalue weighted by Gasteiger charge is 2.48. The summed E-state index contributed by atoms with van der Waals surface area (Å²) < 4.78 is 28.0. The standard InChI is InChI=1S/C11H18F2N2O4/c1-11(9(16)17,7-2-3-7)15-10(18)14-4-5-19-6-8(12)13/h7-8H,2-6H2,1H3,(H,16,17)(H2,14,15,18). The molecule has 0 radical (unpaired) electrons.